The number of carbonyl (C=O) groups excluding carboxylic acids is 1. The van der Waals surface area contributed by atoms with Crippen LogP contribution in [-0.4, -0.2) is 29.1 Å². The Morgan fingerprint density at radius 1 is 1.53 bits per heavy atom. The van der Waals surface area contributed by atoms with Gasteiger partial charge in [0.2, 0.25) is 5.91 Å². The van der Waals surface area contributed by atoms with Crippen LogP contribution in [0.2, 0.25) is 0 Å². The Morgan fingerprint density at radius 2 is 2.21 bits per heavy atom. The van der Waals surface area contributed by atoms with E-state index in [1.165, 1.54) is 0 Å². The van der Waals surface area contributed by atoms with Crippen molar-refractivity contribution in [3.8, 4) is 5.75 Å². The zero-order valence-electron chi connectivity index (χ0n) is 11.1. The van der Waals surface area contributed by atoms with Crippen molar-refractivity contribution in [2.24, 2.45) is 5.73 Å². The van der Waals surface area contributed by atoms with E-state index >= 15 is 0 Å². The number of thioether (sulfide) groups is 1. The van der Waals surface area contributed by atoms with E-state index in [1.54, 1.807) is 30.0 Å². The van der Waals surface area contributed by atoms with E-state index in [4.69, 9.17) is 5.73 Å². The number of hydrogen-bond donors (Lipinski definition) is 3. The van der Waals surface area contributed by atoms with Gasteiger partial charge in [0.1, 0.15) is 5.75 Å². The zero-order valence-corrected chi connectivity index (χ0v) is 12.8. The molecule has 0 fully saturated rings. The van der Waals surface area contributed by atoms with Gasteiger partial charge in [-0.1, -0.05) is 12.1 Å². The molecule has 4 nitrogen and oxygen atoms in total. The molecule has 0 saturated carbocycles. The van der Waals surface area contributed by atoms with Crippen LogP contribution in [0, 0.1) is 0 Å². The monoisotopic (exact) mass is 304 g/mol. The average molecular weight is 305 g/mol. The lowest BCUT2D eigenvalue weighted by Crippen LogP contribution is -2.41. The molecule has 0 bridgehead atoms. The number of hydrogen-bond acceptors (Lipinski definition) is 4. The molecule has 0 aliphatic heterocycles. The zero-order chi connectivity index (χ0) is 13.5. The second kappa shape index (κ2) is 9.07. The molecule has 1 aromatic rings. The molecule has 0 saturated heterocycles. The number of phenolic OH excluding ortho intramolecular Hbond substituents is 1. The fourth-order valence-corrected chi connectivity index (χ4v) is 2.06. The van der Waals surface area contributed by atoms with Crippen molar-refractivity contribution in [1.82, 2.24) is 5.32 Å². The highest BCUT2D eigenvalue weighted by Gasteiger charge is 2.16. The molecular weight excluding hydrogens is 284 g/mol. The van der Waals surface area contributed by atoms with Gasteiger partial charge >= 0.3 is 0 Å². The molecule has 1 rings (SSSR count). The number of halogens is 1. The fraction of sp³-hybridized carbons (Fsp3) is 0.462. The van der Waals surface area contributed by atoms with Crippen LogP contribution in [-0.2, 0) is 4.79 Å². The number of nitrogens with one attached hydrogen (secondary N) is 1. The summed E-state index contributed by atoms with van der Waals surface area (Å²) in [7, 11) is 0. The summed E-state index contributed by atoms with van der Waals surface area (Å²) in [4.78, 5) is 11.8. The predicted octanol–water partition coefficient (Wildman–Crippen LogP) is 2.07. The summed E-state index contributed by atoms with van der Waals surface area (Å²) >= 11 is 1.67. The maximum absolute atomic E-state index is 11.8. The molecule has 4 N–H and O–H groups in total. The maximum Gasteiger partial charge on any atom is 0.237 e. The van der Waals surface area contributed by atoms with Crippen LogP contribution < -0.4 is 11.1 Å². The van der Waals surface area contributed by atoms with Crippen LogP contribution in [0.3, 0.4) is 0 Å². The van der Waals surface area contributed by atoms with Crippen LogP contribution in [0.1, 0.15) is 24.9 Å². The third-order valence-electron chi connectivity index (χ3n) is 2.70. The van der Waals surface area contributed by atoms with E-state index in [1.807, 2.05) is 19.2 Å². The van der Waals surface area contributed by atoms with Gasteiger partial charge in [-0.3, -0.25) is 4.79 Å². The van der Waals surface area contributed by atoms with E-state index in [0.29, 0.717) is 6.42 Å². The highest BCUT2D eigenvalue weighted by Crippen LogP contribution is 2.17. The van der Waals surface area contributed by atoms with Crippen LogP contribution in [0.5, 0.6) is 5.75 Å². The van der Waals surface area contributed by atoms with Crippen molar-refractivity contribution in [2.45, 2.75) is 25.4 Å². The second-order valence-electron chi connectivity index (χ2n) is 4.21. The topological polar surface area (TPSA) is 75.4 Å². The molecule has 1 amide bonds. The first-order valence-corrected chi connectivity index (χ1v) is 7.27. The number of carbonyl (C=O) groups is 1. The Labute approximate surface area is 124 Å². The first-order valence-electron chi connectivity index (χ1n) is 5.88. The van der Waals surface area contributed by atoms with Crippen LogP contribution in [0.15, 0.2) is 24.3 Å². The summed E-state index contributed by atoms with van der Waals surface area (Å²) in [6.45, 7) is 1.87. The van der Waals surface area contributed by atoms with Crippen molar-refractivity contribution in [2.75, 3.05) is 12.0 Å². The quantitative estimate of drug-likeness (QED) is 0.752. The number of phenols is 1. The Hall–Kier alpha value is -0.910. The molecule has 0 aliphatic rings. The number of benzene rings is 1. The van der Waals surface area contributed by atoms with E-state index < -0.39 is 6.04 Å². The molecule has 6 heteroatoms. The summed E-state index contributed by atoms with van der Waals surface area (Å²) in [5.41, 5.74) is 6.65. The number of aromatic hydroxyl groups is 1. The average Bonchev–Trinajstić information content (AvgIpc) is 2.35. The molecule has 2 atom stereocenters. The molecule has 0 aliphatic carbocycles. The van der Waals surface area contributed by atoms with Gasteiger partial charge in [-0.2, -0.15) is 11.8 Å². The minimum absolute atomic E-state index is 0. The summed E-state index contributed by atoms with van der Waals surface area (Å²) < 4.78 is 0. The normalized spacial score (nSPS) is 13.2. The van der Waals surface area contributed by atoms with E-state index in [2.05, 4.69) is 5.32 Å². The SMILES string of the molecule is CSCC[C@H](N)C(=O)NC(C)c1cccc(O)c1.Cl. The minimum atomic E-state index is -0.475. The van der Waals surface area contributed by atoms with Crippen LogP contribution >= 0.6 is 24.2 Å². The molecular formula is C13H21ClN2O2S. The Kier molecular flexibility index (Phi) is 8.63. The number of nitrogens with two attached hydrogens (primary N) is 1. The van der Waals surface area contributed by atoms with Gasteiger partial charge in [-0.25, -0.2) is 0 Å². The van der Waals surface area contributed by atoms with Crippen molar-refractivity contribution in [1.29, 1.82) is 0 Å². The maximum atomic E-state index is 11.8. The Morgan fingerprint density at radius 3 is 2.79 bits per heavy atom. The van der Waals surface area contributed by atoms with Crippen molar-refractivity contribution in [3.63, 3.8) is 0 Å². The second-order valence-corrected chi connectivity index (χ2v) is 5.20. The molecule has 0 aromatic heterocycles. The molecule has 19 heavy (non-hydrogen) atoms. The lowest BCUT2D eigenvalue weighted by molar-refractivity contribution is -0.123. The Bertz CT molecular complexity index is 404. The highest BCUT2D eigenvalue weighted by atomic mass is 35.5. The molecule has 0 radical (unpaired) electrons. The summed E-state index contributed by atoms with van der Waals surface area (Å²) in [6.07, 6.45) is 2.65. The first kappa shape index (κ1) is 18.1. The van der Waals surface area contributed by atoms with Crippen LogP contribution in [0.4, 0.5) is 0 Å². The van der Waals surface area contributed by atoms with Gasteiger partial charge in [0.15, 0.2) is 0 Å². The largest absolute Gasteiger partial charge is 0.508 e. The highest BCUT2D eigenvalue weighted by molar-refractivity contribution is 7.98. The number of amides is 1. The third-order valence-corrected chi connectivity index (χ3v) is 3.34. The van der Waals surface area contributed by atoms with Gasteiger partial charge in [-0.05, 0) is 43.0 Å². The number of rotatable bonds is 6. The lowest BCUT2D eigenvalue weighted by Gasteiger charge is -2.17. The third kappa shape index (κ3) is 6.18. The van der Waals surface area contributed by atoms with E-state index in [0.717, 1.165) is 11.3 Å². The molecule has 1 unspecified atom stereocenters. The van der Waals surface area contributed by atoms with Gasteiger partial charge in [-0.15, -0.1) is 12.4 Å². The van der Waals surface area contributed by atoms with Gasteiger partial charge in [0.25, 0.3) is 0 Å². The van der Waals surface area contributed by atoms with Crippen molar-refractivity contribution in [3.05, 3.63) is 29.8 Å². The summed E-state index contributed by atoms with van der Waals surface area (Å²) in [5.74, 6) is 0.912. The van der Waals surface area contributed by atoms with Crippen molar-refractivity contribution >= 4 is 30.1 Å². The fourth-order valence-electron chi connectivity index (χ4n) is 1.57. The van der Waals surface area contributed by atoms with Crippen molar-refractivity contribution < 1.29 is 9.90 Å². The molecule has 0 heterocycles. The van der Waals surface area contributed by atoms with Crippen LogP contribution in [0.25, 0.3) is 0 Å². The standard InChI is InChI=1S/C13H20N2O2S.ClH/c1-9(10-4-3-5-11(16)8-10)15-13(17)12(14)6-7-18-2;/h3-5,8-9,12,16H,6-7,14H2,1-2H3,(H,15,17);1H/t9?,12-;/m0./s1. The Balaban J connectivity index is 0.00000324. The smallest absolute Gasteiger partial charge is 0.237 e. The first-order chi connectivity index (χ1) is 8.54. The predicted molar refractivity (Wildman–Crippen MR) is 82.9 cm³/mol. The lowest BCUT2D eigenvalue weighted by atomic mass is 10.1. The van der Waals surface area contributed by atoms with Gasteiger partial charge in [0, 0.05) is 0 Å². The van der Waals surface area contributed by atoms with Gasteiger partial charge in [0.05, 0.1) is 12.1 Å². The minimum Gasteiger partial charge on any atom is -0.508 e. The van der Waals surface area contributed by atoms with E-state index in [9.17, 15) is 9.90 Å². The molecule has 108 valence electrons. The molecule has 0 spiro atoms. The van der Waals surface area contributed by atoms with Gasteiger partial charge < -0.3 is 16.2 Å². The van der Waals surface area contributed by atoms with E-state index in [-0.39, 0.29) is 30.1 Å². The summed E-state index contributed by atoms with van der Waals surface area (Å²) in [5, 5.41) is 12.2. The molecule has 1 aromatic carbocycles. The summed E-state index contributed by atoms with van der Waals surface area (Å²) in [6, 6.07) is 6.21.